The van der Waals surface area contributed by atoms with E-state index >= 15 is 0 Å². The zero-order chi connectivity index (χ0) is 12.4. The molecule has 0 bridgehead atoms. The molecular formula is C15H12N2O. The molecule has 2 aromatic heterocycles. The molecule has 1 aromatic carbocycles. The number of nitrogens with zero attached hydrogens (tertiary/aromatic N) is 2. The van der Waals surface area contributed by atoms with Crippen LogP contribution in [0.1, 0.15) is 5.69 Å². The van der Waals surface area contributed by atoms with Crippen LogP contribution in [0.2, 0.25) is 0 Å². The van der Waals surface area contributed by atoms with Crippen molar-refractivity contribution in [2.24, 2.45) is 0 Å². The average molecular weight is 236 g/mol. The zero-order valence-corrected chi connectivity index (χ0v) is 10.00. The first kappa shape index (κ1) is 10.7. The Morgan fingerprint density at radius 3 is 2.33 bits per heavy atom. The number of aryl methyl sites for hydroxylation is 1. The van der Waals surface area contributed by atoms with E-state index in [9.17, 15) is 0 Å². The van der Waals surface area contributed by atoms with Crippen molar-refractivity contribution in [3.05, 3.63) is 60.6 Å². The maximum absolute atomic E-state index is 5.85. The van der Waals surface area contributed by atoms with Gasteiger partial charge >= 0.3 is 0 Å². The van der Waals surface area contributed by atoms with E-state index in [1.165, 1.54) is 0 Å². The van der Waals surface area contributed by atoms with Gasteiger partial charge in [0.05, 0.1) is 5.69 Å². The third-order valence-electron chi connectivity index (χ3n) is 2.76. The number of rotatable bonds is 2. The van der Waals surface area contributed by atoms with E-state index in [4.69, 9.17) is 4.42 Å². The highest BCUT2D eigenvalue weighted by molar-refractivity contribution is 5.63. The molecule has 88 valence electrons. The molecule has 3 rings (SSSR count). The summed E-state index contributed by atoms with van der Waals surface area (Å²) in [7, 11) is 0. The maximum Gasteiger partial charge on any atom is 0.227 e. The van der Waals surface area contributed by atoms with Crippen LogP contribution in [0.25, 0.3) is 22.8 Å². The first-order valence-corrected chi connectivity index (χ1v) is 5.78. The van der Waals surface area contributed by atoms with Crippen molar-refractivity contribution < 1.29 is 4.42 Å². The highest BCUT2D eigenvalue weighted by Gasteiger charge is 2.12. The van der Waals surface area contributed by atoms with Crippen molar-refractivity contribution >= 4 is 0 Å². The number of benzene rings is 1. The molecule has 3 heteroatoms. The van der Waals surface area contributed by atoms with Gasteiger partial charge in [0.15, 0.2) is 5.76 Å². The number of aromatic nitrogens is 2. The van der Waals surface area contributed by atoms with Crippen molar-refractivity contribution in [3.8, 4) is 22.8 Å². The number of pyridine rings is 1. The van der Waals surface area contributed by atoms with Gasteiger partial charge in [0.1, 0.15) is 0 Å². The van der Waals surface area contributed by atoms with Crippen LogP contribution in [0.15, 0.2) is 59.3 Å². The van der Waals surface area contributed by atoms with Gasteiger partial charge in [-0.2, -0.15) is 0 Å². The second-order valence-electron chi connectivity index (χ2n) is 4.04. The monoisotopic (exact) mass is 236 g/mol. The van der Waals surface area contributed by atoms with Crippen molar-refractivity contribution in [2.45, 2.75) is 6.92 Å². The maximum atomic E-state index is 5.85. The van der Waals surface area contributed by atoms with E-state index in [1.54, 1.807) is 12.4 Å². The molecule has 0 aliphatic rings. The van der Waals surface area contributed by atoms with E-state index in [0.717, 1.165) is 22.6 Å². The highest BCUT2D eigenvalue weighted by atomic mass is 16.4. The Morgan fingerprint density at radius 1 is 0.889 bits per heavy atom. The summed E-state index contributed by atoms with van der Waals surface area (Å²) in [5.74, 6) is 1.45. The van der Waals surface area contributed by atoms with Crippen molar-refractivity contribution in [2.75, 3.05) is 0 Å². The molecule has 2 heterocycles. The summed E-state index contributed by atoms with van der Waals surface area (Å²) in [4.78, 5) is 8.45. The molecule has 0 saturated heterocycles. The Labute approximate surface area is 105 Å². The van der Waals surface area contributed by atoms with Gasteiger partial charge in [-0.3, -0.25) is 4.98 Å². The molecule has 0 aliphatic heterocycles. The standard InChI is InChI=1S/C15H12N2O/c1-11-14(12-5-3-2-4-6-12)18-15(17-11)13-7-9-16-10-8-13/h2-10H,1H3. The molecule has 18 heavy (non-hydrogen) atoms. The van der Waals surface area contributed by atoms with E-state index in [2.05, 4.69) is 9.97 Å². The topological polar surface area (TPSA) is 38.9 Å². The molecule has 0 radical (unpaired) electrons. The Hall–Kier alpha value is -2.42. The van der Waals surface area contributed by atoms with Crippen LogP contribution in [-0.2, 0) is 0 Å². The minimum Gasteiger partial charge on any atom is -0.436 e. The fourth-order valence-electron chi connectivity index (χ4n) is 1.87. The Morgan fingerprint density at radius 2 is 1.61 bits per heavy atom. The molecule has 0 spiro atoms. The fraction of sp³-hybridized carbons (Fsp3) is 0.0667. The fourth-order valence-corrected chi connectivity index (χ4v) is 1.87. The summed E-state index contributed by atoms with van der Waals surface area (Å²) in [6.45, 7) is 1.95. The van der Waals surface area contributed by atoms with Crippen LogP contribution in [0, 0.1) is 6.92 Å². The normalized spacial score (nSPS) is 10.5. The number of hydrogen-bond donors (Lipinski definition) is 0. The van der Waals surface area contributed by atoms with Crippen LogP contribution in [0.4, 0.5) is 0 Å². The van der Waals surface area contributed by atoms with E-state index in [0.29, 0.717) is 5.89 Å². The minimum atomic E-state index is 0.633. The summed E-state index contributed by atoms with van der Waals surface area (Å²) in [6, 6.07) is 13.8. The lowest BCUT2D eigenvalue weighted by molar-refractivity contribution is 0.588. The van der Waals surface area contributed by atoms with Crippen LogP contribution in [0.3, 0.4) is 0 Å². The molecule has 0 aliphatic carbocycles. The van der Waals surface area contributed by atoms with Crippen molar-refractivity contribution in [3.63, 3.8) is 0 Å². The SMILES string of the molecule is Cc1nc(-c2ccncc2)oc1-c1ccccc1. The molecule has 0 unspecified atom stereocenters. The molecule has 0 amide bonds. The van der Waals surface area contributed by atoms with Gasteiger partial charge < -0.3 is 4.42 Å². The lowest BCUT2D eigenvalue weighted by Crippen LogP contribution is -1.78. The van der Waals surface area contributed by atoms with Crippen LogP contribution in [0.5, 0.6) is 0 Å². The predicted molar refractivity (Wildman–Crippen MR) is 69.9 cm³/mol. The van der Waals surface area contributed by atoms with Crippen LogP contribution in [-0.4, -0.2) is 9.97 Å². The average Bonchev–Trinajstić information content (AvgIpc) is 2.83. The second kappa shape index (κ2) is 4.45. The molecule has 3 nitrogen and oxygen atoms in total. The first-order chi connectivity index (χ1) is 8.84. The van der Waals surface area contributed by atoms with Gasteiger partial charge in [-0.25, -0.2) is 4.98 Å². The van der Waals surface area contributed by atoms with E-state index < -0.39 is 0 Å². The molecule has 0 atom stereocenters. The molecular weight excluding hydrogens is 224 g/mol. The Bertz CT molecular complexity index is 645. The van der Waals surface area contributed by atoms with Gasteiger partial charge in [-0.05, 0) is 19.1 Å². The third kappa shape index (κ3) is 1.91. The Kier molecular flexibility index (Phi) is 2.65. The molecule has 3 aromatic rings. The van der Waals surface area contributed by atoms with Gasteiger partial charge in [0.2, 0.25) is 5.89 Å². The molecule has 0 N–H and O–H groups in total. The molecule has 0 fully saturated rings. The van der Waals surface area contributed by atoms with E-state index in [-0.39, 0.29) is 0 Å². The van der Waals surface area contributed by atoms with Gasteiger partial charge in [-0.15, -0.1) is 0 Å². The highest BCUT2D eigenvalue weighted by Crippen LogP contribution is 2.28. The number of oxazole rings is 1. The minimum absolute atomic E-state index is 0.633. The van der Waals surface area contributed by atoms with Crippen LogP contribution >= 0.6 is 0 Å². The second-order valence-corrected chi connectivity index (χ2v) is 4.04. The van der Waals surface area contributed by atoms with Crippen LogP contribution < -0.4 is 0 Å². The third-order valence-corrected chi connectivity index (χ3v) is 2.76. The number of hydrogen-bond acceptors (Lipinski definition) is 3. The first-order valence-electron chi connectivity index (χ1n) is 5.78. The van der Waals surface area contributed by atoms with Crippen molar-refractivity contribution in [1.82, 2.24) is 9.97 Å². The van der Waals surface area contributed by atoms with E-state index in [1.807, 2.05) is 49.4 Å². The lowest BCUT2D eigenvalue weighted by Gasteiger charge is -1.96. The van der Waals surface area contributed by atoms with Crippen molar-refractivity contribution in [1.29, 1.82) is 0 Å². The lowest BCUT2D eigenvalue weighted by atomic mass is 10.1. The predicted octanol–water partition coefficient (Wildman–Crippen LogP) is 3.71. The largest absolute Gasteiger partial charge is 0.436 e. The molecule has 0 saturated carbocycles. The zero-order valence-electron chi connectivity index (χ0n) is 10.00. The summed E-state index contributed by atoms with van der Waals surface area (Å²) < 4.78 is 5.85. The quantitative estimate of drug-likeness (QED) is 0.680. The van der Waals surface area contributed by atoms with Gasteiger partial charge in [-0.1, -0.05) is 30.3 Å². The summed E-state index contributed by atoms with van der Waals surface area (Å²) in [5, 5.41) is 0. The van der Waals surface area contributed by atoms with Gasteiger partial charge in [0, 0.05) is 23.5 Å². The smallest absolute Gasteiger partial charge is 0.227 e. The Balaban J connectivity index is 2.07. The summed E-state index contributed by atoms with van der Waals surface area (Å²) in [6.07, 6.45) is 3.47. The van der Waals surface area contributed by atoms with Gasteiger partial charge in [0.25, 0.3) is 0 Å². The summed E-state index contributed by atoms with van der Waals surface area (Å²) >= 11 is 0. The summed E-state index contributed by atoms with van der Waals surface area (Å²) in [5.41, 5.74) is 2.88.